The maximum Gasteiger partial charge on any atom is 0.419 e. The number of rotatable bonds is 4. The summed E-state index contributed by atoms with van der Waals surface area (Å²) in [5.74, 6) is -0.597. The molecule has 2 rings (SSSR count). The lowest BCUT2D eigenvalue weighted by Crippen LogP contribution is -2.31. The topological polar surface area (TPSA) is 41.6 Å². The smallest absolute Gasteiger partial charge is 0.419 e. The molecule has 0 spiro atoms. The van der Waals surface area contributed by atoms with Crippen LogP contribution in [0.3, 0.4) is 0 Å². The van der Waals surface area contributed by atoms with Crippen molar-refractivity contribution in [2.24, 2.45) is 0 Å². The molecular formula is C15H19F3N2O2. The van der Waals surface area contributed by atoms with Crippen molar-refractivity contribution in [1.82, 2.24) is 4.90 Å². The summed E-state index contributed by atoms with van der Waals surface area (Å²) >= 11 is 0. The Morgan fingerprint density at radius 3 is 2.73 bits per heavy atom. The number of likely N-dealkylation sites (tertiary alicyclic amines) is 1. The van der Waals surface area contributed by atoms with Crippen molar-refractivity contribution < 1.29 is 22.7 Å². The molecule has 0 aliphatic carbocycles. The molecule has 0 radical (unpaired) electrons. The Kier molecular flexibility index (Phi) is 4.95. The number of hydrogen-bond donors (Lipinski definition) is 1. The van der Waals surface area contributed by atoms with Gasteiger partial charge in [-0.05, 0) is 38.6 Å². The molecule has 0 aromatic heterocycles. The van der Waals surface area contributed by atoms with Gasteiger partial charge in [0.25, 0.3) is 0 Å². The summed E-state index contributed by atoms with van der Waals surface area (Å²) in [6.45, 7) is 2.42. The van der Waals surface area contributed by atoms with Crippen LogP contribution in [-0.4, -0.2) is 37.0 Å². The zero-order valence-corrected chi connectivity index (χ0v) is 12.5. The van der Waals surface area contributed by atoms with Gasteiger partial charge in [-0.2, -0.15) is 13.2 Å². The van der Waals surface area contributed by atoms with Crippen molar-refractivity contribution in [3.63, 3.8) is 0 Å². The van der Waals surface area contributed by atoms with Gasteiger partial charge in [-0.3, -0.25) is 4.79 Å². The third kappa shape index (κ3) is 4.13. The molecule has 1 aliphatic heterocycles. The Bertz CT molecular complexity index is 546. The lowest BCUT2D eigenvalue weighted by atomic mass is 10.1. The van der Waals surface area contributed by atoms with Crippen LogP contribution in [0, 0.1) is 0 Å². The van der Waals surface area contributed by atoms with Crippen LogP contribution in [0.5, 0.6) is 5.75 Å². The minimum atomic E-state index is -4.49. The monoisotopic (exact) mass is 316 g/mol. The minimum absolute atomic E-state index is 0.116. The third-order valence-corrected chi connectivity index (χ3v) is 3.71. The Hall–Kier alpha value is -1.76. The van der Waals surface area contributed by atoms with Gasteiger partial charge in [-0.25, -0.2) is 0 Å². The fraction of sp³-hybridized carbons (Fsp3) is 0.533. The molecule has 1 saturated heterocycles. The van der Waals surface area contributed by atoms with Crippen LogP contribution in [0.15, 0.2) is 18.2 Å². The van der Waals surface area contributed by atoms with Gasteiger partial charge in [0, 0.05) is 24.7 Å². The predicted molar refractivity (Wildman–Crippen MR) is 76.9 cm³/mol. The van der Waals surface area contributed by atoms with Gasteiger partial charge in [-0.15, -0.1) is 0 Å². The normalized spacial score (nSPS) is 19.2. The molecule has 1 fully saturated rings. The molecule has 1 amide bonds. The molecule has 1 atom stereocenters. The lowest BCUT2D eigenvalue weighted by molar-refractivity contribution is -0.139. The van der Waals surface area contributed by atoms with Crippen molar-refractivity contribution in [2.45, 2.75) is 32.0 Å². The number of nitrogens with zero attached hydrogens (tertiary/aromatic N) is 1. The van der Waals surface area contributed by atoms with E-state index in [2.05, 4.69) is 10.2 Å². The van der Waals surface area contributed by atoms with Gasteiger partial charge in [0.2, 0.25) is 5.91 Å². The van der Waals surface area contributed by atoms with Crippen molar-refractivity contribution in [3.05, 3.63) is 23.8 Å². The summed E-state index contributed by atoms with van der Waals surface area (Å²) in [5, 5.41) is 2.46. The van der Waals surface area contributed by atoms with Gasteiger partial charge in [0.05, 0.1) is 5.56 Å². The number of ether oxygens (including phenoxy) is 1. The number of amides is 1. The number of carbonyl (C=O) groups excluding carboxylic acids is 1. The average Bonchev–Trinajstić information content (AvgIpc) is 2.80. The molecule has 0 bridgehead atoms. The van der Waals surface area contributed by atoms with Gasteiger partial charge >= 0.3 is 6.18 Å². The number of carbonyl (C=O) groups is 1. The second-order valence-corrected chi connectivity index (χ2v) is 5.48. The van der Waals surface area contributed by atoms with Gasteiger partial charge in [0.1, 0.15) is 12.4 Å². The molecule has 7 heteroatoms. The first kappa shape index (κ1) is 16.6. The fourth-order valence-corrected chi connectivity index (χ4v) is 2.53. The molecular weight excluding hydrogens is 297 g/mol. The predicted octanol–water partition coefficient (Wildman–Crippen LogP) is 3.14. The number of anilines is 1. The van der Waals surface area contributed by atoms with E-state index in [0.29, 0.717) is 0 Å². The summed E-state index contributed by atoms with van der Waals surface area (Å²) in [4.78, 5) is 13.1. The second kappa shape index (κ2) is 6.56. The fourth-order valence-electron chi connectivity index (χ4n) is 2.53. The summed E-state index contributed by atoms with van der Waals surface area (Å²) in [6.07, 6.45) is -2.57. The van der Waals surface area contributed by atoms with Crippen LogP contribution < -0.4 is 10.1 Å². The van der Waals surface area contributed by atoms with Crippen LogP contribution in [0.1, 0.15) is 25.3 Å². The third-order valence-electron chi connectivity index (χ3n) is 3.71. The number of halogens is 3. The van der Waals surface area contributed by atoms with Gasteiger partial charge in [0.15, 0.2) is 0 Å². The standard InChI is InChI=1S/C15H19F3N2O2/c1-10(21)19-11-5-6-13(15(16,17)18)14(8-11)22-9-12-4-3-7-20(12)2/h5-6,8,12H,3-4,7,9H2,1-2H3,(H,19,21)/t12-/m1/s1. The maximum atomic E-state index is 13.0. The van der Waals surface area contributed by atoms with Crippen molar-refractivity contribution in [1.29, 1.82) is 0 Å². The summed E-state index contributed by atoms with van der Waals surface area (Å²) < 4.78 is 44.6. The summed E-state index contributed by atoms with van der Waals surface area (Å²) in [6, 6.07) is 3.49. The van der Waals surface area contributed by atoms with E-state index in [-0.39, 0.29) is 30.0 Å². The highest BCUT2D eigenvalue weighted by atomic mass is 19.4. The van der Waals surface area contributed by atoms with Crippen LogP contribution in [0.2, 0.25) is 0 Å². The first-order chi connectivity index (χ1) is 10.3. The van der Waals surface area contributed by atoms with E-state index in [9.17, 15) is 18.0 Å². The maximum absolute atomic E-state index is 13.0. The molecule has 1 N–H and O–H groups in total. The van der Waals surface area contributed by atoms with E-state index in [0.717, 1.165) is 25.5 Å². The molecule has 122 valence electrons. The molecule has 4 nitrogen and oxygen atoms in total. The molecule has 1 aromatic rings. The molecule has 22 heavy (non-hydrogen) atoms. The van der Waals surface area contributed by atoms with E-state index in [1.54, 1.807) is 0 Å². The number of hydrogen-bond acceptors (Lipinski definition) is 3. The quantitative estimate of drug-likeness (QED) is 0.928. The highest BCUT2D eigenvalue weighted by Gasteiger charge is 2.35. The van der Waals surface area contributed by atoms with E-state index in [1.807, 2.05) is 7.05 Å². The molecule has 1 aromatic carbocycles. The Morgan fingerprint density at radius 1 is 1.45 bits per heavy atom. The number of likely N-dealkylation sites (N-methyl/N-ethyl adjacent to an activating group) is 1. The lowest BCUT2D eigenvalue weighted by Gasteiger charge is -2.21. The van der Waals surface area contributed by atoms with Crippen LogP contribution in [-0.2, 0) is 11.0 Å². The Balaban J connectivity index is 2.19. The van der Waals surface area contributed by atoms with Crippen molar-refractivity contribution >= 4 is 11.6 Å². The van der Waals surface area contributed by atoms with E-state index in [1.165, 1.54) is 19.1 Å². The molecule has 0 saturated carbocycles. The molecule has 0 unspecified atom stereocenters. The number of nitrogens with one attached hydrogen (secondary N) is 1. The van der Waals surface area contributed by atoms with E-state index >= 15 is 0 Å². The van der Waals surface area contributed by atoms with E-state index < -0.39 is 11.7 Å². The van der Waals surface area contributed by atoms with Gasteiger partial charge in [-0.1, -0.05) is 0 Å². The SMILES string of the molecule is CC(=O)Nc1ccc(C(F)(F)F)c(OC[C@H]2CCCN2C)c1. The Labute approximate surface area is 127 Å². The molecule has 1 heterocycles. The first-order valence-corrected chi connectivity index (χ1v) is 7.09. The zero-order chi connectivity index (χ0) is 16.3. The second-order valence-electron chi connectivity index (χ2n) is 5.48. The highest BCUT2D eigenvalue weighted by Crippen LogP contribution is 2.38. The minimum Gasteiger partial charge on any atom is -0.491 e. The van der Waals surface area contributed by atoms with Crippen molar-refractivity contribution in [3.8, 4) is 5.75 Å². The highest BCUT2D eigenvalue weighted by molar-refractivity contribution is 5.88. The van der Waals surface area contributed by atoms with Crippen LogP contribution in [0.4, 0.5) is 18.9 Å². The first-order valence-electron chi connectivity index (χ1n) is 7.09. The molecule has 1 aliphatic rings. The van der Waals surface area contributed by atoms with E-state index in [4.69, 9.17) is 4.74 Å². The van der Waals surface area contributed by atoms with Gasteiger partial charge < -0.3 is 15.0 Å². The number of benzene rings is 1. The zero-order valence-electron chi connectivity index (χ0n) is 12.5. The van der Waals surface area contributed by atoms with Crippen molar-refractivity contribution in [2.75, 3.05) is 25.5 Å². The van der Waals surface area contributed by atoms with Crippen LogP contribution in [0.25, 0.3) is 0 Å². The largest absolute Gasteiger partial charge is 0.491 e. The summed E-state index contributed by atoms with van der Waals surface area (Å²) in [5.41, 5.74) is -0.544. The average molecular weight is 316 g/mol. The van der Waals surface area contributed by atoms with Crippen LogP contribution >= 0.6 is 0 Å². The summed E-state index contributed by atoms with van der Waals surface area (Å²) in [7, 11) is 1.93. The Morgan fingerprint density at radius 2 is 2.18 bits per heavy atom. The number of alkyl halides is 3.